The lowest BCUT2D eigenvalue weighted by Crippen LogP contribution is -2.27. The molecule has 0 aliphatic heterocycles. The van der Waals surface area contributed by atoms with Crippen molar-refractivity contribution in [1.82, 2.24) is 0 Å². The fourth-order valence-corrected chi connectivity index (χ4v) is 2.50. The molecule has 1 atom stereocenters. The second kappa shape index (κ2) is 10.4. The minimum absolute atomic E-state index is 0.385. The Kier molecular flexibility index (Phi) is 7.93. The third-order valence-corrected chi connectivity index (χ3v) is 3.92. The minimum atomic E-state index is -1.36. The number of ether oxygens (including phenoxy) is 2. The van der Waals surface area contributed by atoms with Crippen LogP contribution in [-0.4, -0.2) is 35.8 Å². The van der Waals surface area contributed by atoms with E-state index in [-0.39, 0.29) is 0 Å². The van der Waals surface area contributed by atoms with Crippen molar-refractivity contribution in [3.63, 3.8) is 0 Å². The van der Waals surface area contributed by atoms with Crippen LogP contribution < -0.4 is 10.6 Å². The van der Waals surface area contributed by atoms with E-state index in [4.69, 9.17) is 4.74 Å². The third-order valence-electron chi connectivity index (χ3n) is 3.92. The van der Waals surface area contributed by atoms with Crippen LogP contribution in [0, 0.1) is 0 Å². The van der Waals surface area contributed by atoms with E-state index < -0.39 is 29.7 Å². The molecule has 3 N–H and O–H groups in total. The topological polar surface area (TPSA) is 114 Å². The minimum Gasteiger partial charge on any atom is -0.467 e. The van der Waals surface area contributed by atoms with Gasteiger partial charge in [0.15, 0.2) is 6.10 Å². The maximum atomic E-state index is 12.3. The van der Waals surface area contributed by atoms with Crippen LogP contribution in [0.4, 0.5) is 16.2 Å². The number of rotatable bonds is 6. The first kappa shape index (κ1) is 23.6. The highest BCUT2D eigenvalue weighted by Crippen LogP contribution is 2.22. The zero-order valence-electron chi connectivity index (χ0n) is 17.8. The van der Waals surface area contributed by atoms with Crippen molar-refractivity contribution in [2.45, 2.75) is 32.5 Å². The molecule has 0 heterocycles. The Labute approximate surface area is 180 Å². The number of anilines is 2. The number of para-hydroxylation sites is 2. The summed E-state index contributed by atoms with van der Waals surface area (Å²) in [5, 5.41) is 15.1. The van der Waals surface area contributed by atoms with Crippen molar-refractivity contribution >= 4 is 35.4 Å². The number of methoxy groups -OCH3 is 1. The molecular formula is C23H26N2O6. The van der Waals surface area contributed by atoms with Crippen LogP contribution in [0.5, 0.6) is 0 Å². The summed E-state index contributed by atoms with van der Waals surface area (Å²) in [5.74, 6) is -1.15. The fourth-order valence-electron chi connectivity index (χ4n) is 2.50. The predicted molar refractivity (Wildman–Crippen MR) is 117 cm³/mol. The smallest absolute Gasteiger partial charge is 0.412 e. The van der Waals surface area contributed by atoms with Gasteiger partial charge in [-0.3, -0.25) is 10.1 Å². The second-order valence-electron chi connectivity index (χ2n) is 7.59. The summed E-state index contributed by atoms with van der Waals surface area (Å²) >= 11 is 0. The Morgan fingerprint density at radius 3 is 2.10 bits per heavy atom. The molecule has 0 bridgehead atoms. The number of hydrogen-bond acceptors (Lipinski definition) is 6. The number of carbonyl (C=O) groups is 3. The monoisotopic (exact) mass is 426 g/mol. The lowest BCUT2D eigenvalue weighted by Gasteiger charge is -2.20. The molecule has 0 aliphatic rings. The van der Waals surface area contributed by atoms with E-state index in [1.165, 1.54) is 13.2 Å². The van der Waals surface area contributed by atoms with Crippen LogP contribution >= 0.6 is 0 Å². The molecule has 164 valence electrons. The number of aliphatic hydroxyl groups is 1. The molecule has 0 radical (unpaired) electrons. The number of aliphatic hydroxyl groups excluding tert-OH is 1. The Balaban J connectivity index is 2.02. The van der Waals surface area contributed by atoms with Gasteiger partial charge in [0, 0.05) is 6.08 Å². The fraction of sp³-hybridized carbons (Fsp3) is 0.261. The average Bonchev–Trinajstić information content (AvgIpc) is 2.71. The molecule has 2 amide bonds. The highest BCUT2D eigenvalue weighted by atomic mass is 16.6. The van der Waals surface area contributed by atoms with Gasteiger partial charge in [-0.25, -0.2) is 9.59 Å². The standard InChI is InChI=1S/C23H26N2O6/c1-23(2,3)31-22(29)25-18-8-6-5-7-17(18)24-19(26)14-11-15-9-12-16(13-10-15)20(27)21(28)30-4/h5-14,20,27H,1-4H3,(H,24,26)(H,25,29). The van der Waals surface area contributed by atoms with E-state index in [2.05, 4.69) is 15.4 Å². The van der Waals surface area contributed by atoms with Crippen molar-refractivity contribution in [3.8, 4) is 0 Å². The van der Waals surface area contributed by atoms with Gasteiger partial charge in [0.2, 0.25) is 5.91 Å². The molecule has 0 spiro atoms. The summed E-state index contributed by atoms with van der Waals surface area (Å²) in [6.45, 7) is 5.27. The molecule has 0 saturated heterocycles. The Morgan fingerprint density at radius 2 is 1.55 bits per heavy atom. The van der Waals surface area contributed by atoms with Crippen molar-refractivity contribution in [2.75, 3.05) is 17.7 Å². The summed E-state index contributed by atoms with van der Waals surface area (Å²) in [5.41, 5.74) is 1.25. The number of hydrogen-bond donors (Lipinski definition) is 3. The Hall–Kier alpha value is -3.65. The van der Waals surface area contributed by atoms with E-state index in [1.807, 2.05) is 0 Å². The van der Waals surface area contributed by atoms with Gasteiger partial charge in [-0.05, 0) is 50.1 Å². The molecule has 0 aromatic heterocycles. The highest BCUT2D eigenvalue weighted by Gasteiger charge is 2.18. The van der Waals surface area contributed by atoms with Gasteiger partial charge in [0.1, 0.15) is 5.60 Å². The van der Waals surface area contributed by atoms with Gasteiger partial charge < -0.3 is 19.9 Å². The van der Waals surface area contributed by atoms with Crippen LogP contribution in [-0.2, 0) is 19.1 Å². The summed E-state index contributed by atoms with van der Waals surface area (Å²) in [6.07, 6.45) is 0.920. The summed E-state index contributed by atoms with van der Waals surface area (Å²) in [7, 11) is 1.20. The van der Waals surface area contributed by atoms with Crippen LogP contribution in [0.1, 0.15) is 38.0 Å². The van der Waals surface area contributed by atoms with Gasteiger partial charge in [-0.15, -0.1) is 0 Å². The first-order chi connectivity index (χ1) is 14.6. The van der Waals surface area contributed by atoms with Crippen molar-refractivity contribution in [1.29, 1.82) is 0 Å². The van der Waals surface area contributed by atoms with E-state index in [0.717, 1.165) is 0 Å². The van der Waals surface area contributed by atoms with Crippen molar-refractivity contribution < 1.29 is 29.0 Å². The van der Waals surface area contributed by atoms with Crippen LogP contribution in [0.3, 0.4) is 0 Å². The lowest BCUT2D eigenvalue weighted by atomic mass is 10.1. The number of carbonyl (C=O) groups excluding carboxylic acids is 3. The molecule has 0 aliphatic carbocycles. The normalized spacial score (nSPS) is 12.2. The molecule has 2 rings (SSSR count). The summed E-state index contributed by atoms with van der Waals surface area (Å²) in [6, 6.07) is 13.2. The predicted octanol–water partition coefficient (Wildman–Crippen LogP) is 3.89. The molecule has 8 heteroatoms. The number of benzene rings is 2. The molecule has 0 fully saturated rings. The van der Waals surface area contributed by atoms with Crippen LogP contribution in [0.25, 0.3) is 6.08 Å². The van der Waals surface area contributed by atoms with E-state index in [1.54, 1.807) is 75.4 Å². The van der Waals surface area contributed by atoms with Gasteiger partial charge in [0.05, 0.1) is 18.5 Å². The molecule has 8 nitrogen and oxygen atoms in total. The Morgan fingerprint density at radius 1 is 0.968 bits per heavy atom. The number of nitrogens with one attached hydrogen (secondary N) is 2. The summed E-state index contributed by atoms with van der Waals surface area (Å²) in [4.78, 5) is 35.7. The zero-order valence-corrected chi connectivity index (χ0v) is 17.8. The molecular weight excluding hydrogens is 400 g/mol. The van der Waals surface area contributed by atoms with Crippen molar-refractivity contribution in [2.24, 2.45) is 0 Å². The second-order valence-corrected chi connectivity index (χ2v) is 7.59. The van der Waals surface area contributed by atoms with Gasteiger partial charge in [0.25, 0.3) is 0 Å². The molecule has 2 aromatic carbocycles. The average molecular weight is 426 g/mol. The molecule has 31 heavy (non-hydrogen) atoms. The third kappa shape index (κ3) is 7.60. The highest BCUT2D eigenvalue weighted by molar-refractivity contribution is 6.05. The lowest BCUT2D eigenvalue weighted by molar-refractivity contribution is -0.150. The Bertz CT molecular complexity index is 961. The maximum absolute atomic E-state index is 12.3. The van der Waals surface area contributed by atoms with Gasteiger partial charge in [-0.1, -0.05) is 36.4 Å². The van der Waals surface area contributed by atoms with Gasteiger partial charge in [-0.2, -0.15) is 0 Å². The number of amides is 2. The molecule has 2 aromatic rings. The number of esters is 1. The van der Waals surface area contributed by atoms with E-state index in [0.29, 0.717) is 22.5 Å². The SMILES string of the molecule is COC(=O)C(O)c1ccc(C=CC(=O)Nc2ccccc2NC(=O)OC(C)(C)C)cc1. The van der Waals surface area contributed by atoms with Crippen LogP contribution in [0.2, 0.25) is 0 Å². The first-order valence-corrected chi connectivity index (χ1v) is 9.53. The largest absolute Gasteiger partial charge is 0.467 e. The molecule has 0 saturated carbocycles. The van der Waals surface area contributed by atoms with E-state index >= 15 is 0 Å². The zero-order chi connectivity index (χ0) is 23.0. The van der Waals surface area contributed by atoms with Crippen LogP contribution in [0.15, 0.2) is 54.6 Å². The molecule has 1 unspecified atom stereocenters. The quantitative estimate of drug-likeness (QED) is 0.477. The maximum Gasteiger partial charge on any atom is 0.412 e. The summed E-state index contributed by atoms with van der Waals surface area (Å²) < 4.78 is 9.73. The van der Waals surface area contributed by atoms with E-state index in [9.17, 15) is 19.5 Å². The van der Waals surface area contributed by atoms with Crippen molar-refractivity contribution in [3.05, 3.63) is 65.7 Å². The first-order valence-electron chi connectivity index (χ1n) is 9.53. The van der Waals surface area contributed by atoms with Gasteiger partial charge >= 0.3 is 12.1 Å².